The number of carbonyl (C=O) groups is 1. The Morgan fingerprint density at radius 3 is 2.32 bits per heavy atom. The standard InChI is InChI=1S/C20H25ClN2O4S/c1-14-7-5-6-8-19(14)27-13-15(2)22-20(24)16(3)23(28(4,25)26)18-11-9-17(21)10-12-18/h5-12,15-16H,13H2,1-4H3,(H,22,24)/t15-,16+/m1/s1. The van der Waals surface area contributed by atoms with Crippen molar-refractivity contribution in [3.8, 4) is 5.75 Å². The molecule has 1 amide bonds. The van der Waals surface area contributed by atoms with E-state index >= 15 is 0 Å². The second-order valence-corrected chi connectivity index (χ2v) is 8.99. The average Bonchev–Trinajstić information content (AvgIpc) is 2.61. The summed E-state index contributed by atoms with van der Waals surface area (Å²) in [5.74, 6) is 0.330. The Morgan fingerprint density at radius 2 is 1.75 bits per heavy atom. The molecule has 2 aromatic rings. The zero-order chi connectivity index (χ0) is 20.9. The molecule has 0 fully saturated rings. The van der Waals surface area contributed by atoms with Crippen LogP contribution in [-0.4, -0.2) is 39.3 Å². The highest BCUT2D eigenvalue weighted by atomic mass is 35.5. The van der Waals surface area contributed by atoms with Crippen LogP contribution in [-0.2, 0) is 14.8 Å². The molecular formula is C20H25ClN2O4S. The van der Waals surface area contributed by atoms with E-state index in [1.165, 1.54) is 0 Å². The summed E-state index contributed by atoms with van der Waals surface area (Å²) in [4.78, 5) is 12.7. The summed E-state index contributed by atoms with van der Waals surface area (Å²) in [5.41, 5.74) is 1.37. The van der Waals surface area contributed by atoms with Gasteiger partial charge in [0.25, 0.3) is 0 Å². The monoisotopic (exact) mass is 424 g/mol. The van der Waals surface area contributed by atoms with Crippen molar-refractivity contribution in [3.05, 3.63) is 59.1 Å². The average molecular weight is 425 g/mol. The number of amides is 1. The largest absolute Gasteiger partial charge is 0.491 e. The van der Waals surface area contributed by atoms with Gasteiger partial charge in [-0.3, -0.25) is 9.10 Å². The molecular weight excluding hydrogens is 400 g/mol. The Morgan fingerprint density at radius 1 is 1.14 bits per heavy atom. The number of halogens is 1. The van der Waals surface area contributed by atoms with Crippen LogP contribution in [0, 0.1) is 6.92 Å². The van der Waals surface area contributed by atoms with Gasteiger partial charge in [0.05, 0.1) is 18.0 Å². The Bertz CT molecular complexity index is 916. The van der Waals surface area contributed by atoms with E-state index in [2.05, 4.69) is 5.32 Å². The van der Waals surface area contributed by atoms with E-state index in [1.807, 2.05) is 31.2 Å². The van der Waals surface area contributed by atoms with Crippen LogP contribution in [0.1, 0.15) is 19.4 Å². The molecule has 0 aliphatic carbocycles. The van der Waals surface area contributed by atoms with Gasteiger partial charge in [-0.05, 0) is 56.7 Å². The Balaban J connectivity index is 2.06. The molecule has 0 radical (unpaired) electrons. The maximum atomic E-state index is 12.7. The van der Waals surface area contributed by atoms with E-state index in [4.69, 9.17) is 16.3 Å². The number of anilines is 1. The van der Waals surface area contributed by atoms with Gasteiger partial charge in [-0.1, -0.05) is 29.8 Å². The first-order chi connectivity index (χ1) is 13.1. The molecule has 1 N–H and O–H groups in total. The topological polar surface area (TPSA) is 75.7 Å². The van der Waals surface area contributed by atoms with Crippen LogP contribution < -0.4 is 14.4 Å². The number of hydrogen-bond donors (Lipinski definition) is 1. The maximum Gasteiger partial charge on any atom is 0.243 e. The summed E-state index contributed by atoms with van der Waals surface area (Å²) in [6, 6.07) is 12.7. The lowest BCUT2D eigenvalue weighted by molar-refractivity contribution is -0.122. The van der Waals surface area contributed by atoms with Crippen LogP contribution in [0.15, 0.2) is 48.5 Å². The molecule has 0 bridgehead atoms. The molecule has 8 heteroatoms. The minimum Gasteiger partial charge on any atom is -0.491 e. The Kier molecular flexibility index (Phi) is 7.32. The zero-order valence-electron chi connectivity index (χ0n) is 16.3. The van der Waals surface area contributed by atoms with E-state index in [-0.39, 0.29) is 12.6 Å². The number of para-hydroxylation sites is 1. The first-order valence-electron chi connectivity index (χ1n) is 8.83. The van der Waals surface area contributed by atoms with Gasteiger partial charge in [0.1, 0.15) is 18.4 Å². The van der Waals surface area contributed by atoms with Crippen molar-refractivity contribution >= 4 is 33.2 Å². The predicted molar refractivity (Wildman–Crippen MR) is 113 cm³/mol. The van der Waals surface area contributed by atoms with Gasteiger partial charge < -0.3 is 10.1 Å². The van der Waals surface area contributed by atoms with Gasteiger partial charge in [-0.2, -0.15) is 0 Å². The molecule has 2 atom stereocenters. The number of rotatable bonds is 8. The maximum absolute atomic E-state index is 12.7. The number of sulfonamides is 1. The van der Waals surface area contributed by atoms with Crippen molar-refractivity contribution in [2.45, 2.75) is 32.9 Å². The number of carbonyl (C=O) groups excluding carboxylic acids is 1. The van der Waals surface area contributed by atoms with Gasteiger partial charge in [0.2, 0.25) is 15.9 Å². The molecule has 0 saturated carbocycles. The fourth-order valence-electron chi connectivity index (χ4n) is 2.74. The van der Waals surface area contributed by atoms with Gasteiger partial charge in [-0.25, -0.2) is 8.42 Å². The van der Waals surface area contributed by atoms with Crippen LogP contribution >= 0.6 is 11.6 Å². The third-order valence-corrected chi connectivity index (χ3v) is 5.63. The van der Waals surface area contributed by atoms with Crippen LogP contribution in [0.25, 0.3) is 0 Å². The lowest BCUT2D eigenvalue weighted by Crippen LogP contribution is -2.50. The molecule has 0 saturated heterocycles. The number of aryl methyl sites for hydroxylation is 1. The zero-order valence-corrected chi connectivity index (χ0v) is 17.9. The summed E-state index contributed by atoms with van der Waals surface area (Å²) in [5, 5.41) is 3.29. The van der Waals surface area contributed by atoms with Crippen molar-refractivity contribution in [3.63, 3.8) is 0 Å². The van der Waals surface area contributed by atoms with Crippen molar-refractivity contribution in [1.29, 1.82) is 0 Å². The first kappa shape index (κ1) is 22.0. The lowest BCUT2D eigenvalue weighted by atomic mass is 10.2. The summed E-state index contributed by atoms with van der Waals surface area (Å²) in [6.45, 7) is 5.55. The molecule has 0 spiro atoms. The molecule has 0 aliphatic rings. The molecule has 2 rings (SSSR count). The second-order valence-electron chi connectivity index (χ2n) is 6.70. The summed E-state index contributed by atoms with van der Waals surface area (Å²) < 4.78 is 31.4. The second kappa shape index (κ2) is 9.30. The molecule has 0 aromatic heterocycles. The molecule has 0 aliphatic heterocycles. The molecule has 0 heterocycles. The quantitative estimate of drug-likeness (QED) is 0.704. The third-order valence-electron chi connectivity index (χ3n) is 4.14. The van der Waals surface area contributed by atoms with E-state index < -0.39 is 22.0 Å². The number of nitrogens with one attached hydrogen (secondary N) is 1. The van der Waals surface area contributed by atoms with E-state index in [9.17, 15) is 13.2 Å². The van der Waals surface area contributed by atoms with Crippen molar-refractivity contribution in [2.24, 2.45) is 0 Å². The normalized spacial score (nSPS) is 13.5. The highest BCUT2D eigenvalue weighted by molar-refractivity contribution is 7.92. The molecule has 2 aromatic carbocycles. The van der Waals surface area contributed by atoms with Crippen LogP contribution in [0.4, 0.5) is 5.69 Å². The van der Waals surface area contributed by atoms with Crippen LogP contribution in [0.5, 0.6) is 5.75 Å². The van der Waals surface area contributed by atoms with Gasteiger partial charge in [0, 0.05) is 5.02 Å². The lowest BCUT2D eigenvalue weighted by Gasteiger charge is -2.29. The number of hydrogen-bond acceptors (Lipinski definition) is 4. The highest BCUT2D eigenvalue weighted by Gasteiger charge is 2.29. The summed E-state index contributed by atoms with van der Waals surface area (Å²) >= 11 is 5.88. The molecule has 28 heavy (non-hydrogen) atoms. The number of ether oxygens (including phenoxy) is 1. The van der Waals surface area contributed by atoms with Crippen molar-refractivity contribution in [1.82, 2.24) is 5.32 Å². The smallest absolute Gasteiger partial charge is 0.243 e. The van der Waals surface area contributed by atoms with Gasteiger partial charge in [0.15, 0.2) is 0 Å². The molecule has 0 unspecified atom stereocenters. The van der Waals surface area contributed by atoms with E-state index in [1.54, 1.807) is 38.1 Å². The van der Waals surface area contributed by atoms with Crippen molar-refractivity contribution in [2.75, 3.05) is 17.2 Å². The SMILES string of the molecule is Cc1ccccc1OC[C@@H](C)NC(=O)[C@H](C)N(c1ccc(Cl)cc1)S(C)(=O)=O. The fourth-order valence-corrected chi connectivity index (χ4v) is 4.04. The Hall–Kier alpha value is -2.25. The highest BCUT2D eigenvalue weighted by Crippen LogP contribution is 2.23. The fraction of sp³-hybridized carbons (Fsp3) is 0.350. The predicted octanol–water partition coefficient (Wildman–Crippen LogP) is 3.39. The van der Waals surface area contributed by atoms with Gasteiger partial charge >= 0.3 is 0 Å². The number of benzene rings is 2. The first-order valence-corrected chi connectivity index (χ1v) is 11.1. The van der Waals surface area contributed by atoms with Crippen molar-refractivity contribution < 1.29 is 17.9 Å². The number of nitrogens with zero attached hydrogens (tertiary/aromatic N) is 1. The minimum absolute atomic E-state index is 0.267. The van der Waals surface area contributed by atoms with Crippen LogP contribution in [0.2, 0.25) is 5.02 Å². The summed E-state index contributed by atoms with van der Waals surface area (Å²) in [7, 11) is -3.67. The van der Waals surface area contributed by atoms with Crippen LogP contribution in [0.3, 0.4) is 0 Å². The van der Waals surface area contributed by atoms with E-state index in [0.29, 0.717) is 10.7 Å². The molecule has 152 valence electrons. The Labute approximate surface area is 171 Å². The summed E-state index contributed by atoms with van der Waals surface area (Å²) in [6.07, 6.45) is 1.07. The molecule has 6 nitrogen and oxygen atoms in total. The van der Waals surface area contributed by atoms with E-state index in [0.717, 1.165) is 21.9 Å². The third kappa shape index (κ3) is 5.87. The van der Waals surface area contributed by atoms with Gasteiger partial charge in [-0.15, -0.1) is 0 Å². The minimum atomic E-state index is -3.67.